The summed E-state index contributed by atoms with van der Waals surface area (Å²) in [6.45, 7) is 0. The van der Waals surface area contributed by atoms with Gasteiger partial charge in [-0.25, -0.2) is 4.79 Å². The van der Waals surface area contributed by atoms with Gasteiger partial charge in [0.15, 0.2) is 0 Å². The molecule has 2 aromatic rings. The Morgan fingerprint density at radius 1 is 1.32 bits per heavy atom. The van der Waals surface area contributed by atoms with Gasteiger partial charge in [0.05, 0.1) is 17.7 Å². The lowest BCUT2D eigenvalue weighted by atomic mass is 10.1. The van der Waals surface area contributed by atoms with Gasteiger partial charge >= 0.3 is 5.97 Å². The number of amides is 1. The van der Waals surface area contributed by atoms with Crippen LogP contribution in [0.2, 0.25) is 0 Å². The molecule has 1 aromatic heterocycles. The van der Waals surface area contributed by atoms with Crippen molar-refractivity contribution in [3.63, 3.8) is 0 Å². The zero-order valence-corrected chi connectivity index (χ0v) is 12.7. The Morgan fingerprint density at radius 3 is 2.74 bits per heavy atom. The smallest absolute Gasteiger partial charge is 0.337 e. The largest absolute Gasteiger partial charge is 0.478 e. The first-order valence-corrected chi connectivity index (χ1v) is 7.37. The van der Waals surface area contributed by atoms with Crippen molar-refractivity contribution in [3.05, 3.63) is 49.7 Å². The number of halogens is 1. The topological polar surface area (TPSA) is 66.4 Å². The lowest BCUT2D eigenvalue weighted by Gasteiger charge is -2.08. The molecule has 0 aliphatic carbocycles. The Labute approximate surface area is 127 Å². The molecule has 0 spiro atoms. The van der Waals surface area contributed by atoms with Crippen LogP contribution in [0.4, 0.5) is 5.69 Å². The fourth-order valence-corrected chi connectivity index (χ4v) is 2.76. The fourth-order valence-electron chi connectivity index (χ4n) is 1.57. The van der Waals surface area contributed by atoms with Crippen LogP contribution in [0, 0.1) is 3.57 Å². The number of aromatic carboxylic acids is 1. The van der Waals surface area contributed by atoms with Crippen LogP contribution in [0.15, 0.2) is 35.7 Å². The van der Waals surface area contributed by atoms with Gasteiger partial charge in [0.2, 0.25) is 5.91 Å². The van der Waals surface area contributed by atoms with E-state index in [4.69, 9.17) is 5.11 Å². The third-order valence-electron chi connectivity index (χ3n) is 2.40. The van der Waals surface area contributed by atoms with E-state index in [-0.39, 0.29) is 17.9 Å². The molecule has 19 heavy (non-hydrogen) atoms. The van der Waals surface area contributed by atoms with E-state index >= 15 is 0 Å². The molecule has 0 saturated heterocycles. The van der Waals surface area contributed by atoms with Crippen LogP contribution in [0.5, 0.6) is 0 Å². The number of benzene rings is 1. The highest BCUT2D eigenvalue weighted by Crippen LogP contribution is 2.19. The molecule has 98 valence electrons. The second-order valence-corrected chi connectivity index (χ2v) is 6.08. The molecule has 2 N–H and O–H groups in total. The maximum Gasteiger partial charge on any atom is 0.337 e. The monoisotopic (exact) mass is 387 g/mol. The molecule has 6 heteroatoms. The Balaban J connectivity index is 2.14. The van der Waals surface area contributed by atoms with E-state index in [9.17, 15) is 9.59 Å². The van der Waals surface area contributed by atoms with Crippen molar-refractivity contribution in [2.24, 2.45) is 0 Å². The van der Waals surface area contributed by atoms with Crippen LogP contribution in [0.3, 0.4) is 0 Å². The molecule has 0 atom stereocenters. The molecule has 0 radical (unpaired) electrons. The number of carboxylic acids is 1. The second-order valence-electron chi connectivity index (χ2n) is 3.80. The molecule has 2 rings (SSSR count). The van der Waals surface area contributed by atoms with Gasteiger partial charge in [0.1, 0.15) is 0 Å². The first kappa shape index (κ1) is 14.0. The van der Waals surface area contributed by atoms with Crippen LogP contribution in [-0.4, -0.2) is 17.0 Å². The predicted octanol–water partition coefficient (Wildman–Crippen LogP) is 3.23. The molecular weight excluding hydrogens is 377 g/mol. The van der Waals surface area contributed by atoms with Gasteiger partial charge in [0, 0.05) is 8.45 Å². The fraction of sp³-hybridized carbons (Fsp3) is 0.0769. The Bertz CT molecular complexity index is 610. The SMILES string of the molecule is O=C(Cc1cccs1)Nc1ccc(I)cc1C(=O)O. The molecule has 4 nitrogen and oxygen atoms in total. The summed E-state index contributed by atoms with van der Waals surface area (Å²) in [7, 11) is 0. The molecule has 0 aliphatic heterocycles. The summed E-state index contributed by atoms with van der Waals surface area (Å²) in [5.74, 6) is -1.27. The molecule has 0 saturated carbocycles. The summed E-state index contributed by atoms with van der Waals surface area (Å²) in [6.07, 6.45) is 0.253. The third kappa shape index (κ3) is 3.77. The number of carboxylic acid groups (broad SMARTS) is 1. The van der Waals surface area contributed by atoms with Crippen molar-refractivity contribution in [2.45, 2.75) is 6.42 Å². The molecule has 0 fully saturated rings. The Hall–Kier alpha value is -1.41. The first-order chi connectivity index (χ1) is 9.06. The highest BCUT2D eigenvalue weighted by Gasteiger charge is 2.13. The van der Waals surface area contributed by atoms with Crippen molar-refractivity contribution < 1.29 is 14.7 Å². The standard InChI is InChI=1S/C13H10INO3S/c14-8-3-4-11(10(6-8)13(17)18)15-12(16)7-9-2-1-5-19-9/h1-6H,7H2,(H,15,16)(H,17,18). The van der Waals surface area contributed by atoms with Crippen molar-refractivity contribution in [1.29, 1.82) is 0 Å². The zero-order chi connectivity index (χ0) is 13.8. The minimum Gasteiger partial charge on any atom is -0.478 e. The maximum absolute atomic E-state index is 11.8. The molecule has 0 aliphatic rings. The average molecular weight is 387 g/mol. The number of carbonyl (C=O) groups excluding carboxylic acids is 1. The number of anilines is 1. The maximum atomic E-state index is 11.8. The van der Waals surface area contributed by atoms with Crippen LogP contribution in [0.25, 0.3) is 0 Å². The van der Waals surface area contributed by atoms with E-state index in [1.165, 1.54) is 17.4 Å². The molecule has 0 bridgehead atoms. The van der Waals surface area contributed by atoms with E-state index < -0.39 is 5.97 Å². The van der Waals surface area contributed by atoms with Gasteiger partial charge in [-0.15, -0.1) is 11.3 Å². The summed E-state index contributed by atoms with van der Waals surface area (Å²) >= 11 is 3.53. The van der Waals surface area contributed by atoms with Gasteiger partial charge in [-0.05, 0) is 52.2 Å². The van der Waals surface area contributed by atoms with Gasteiger partial charge < -0.3 is 10.4 Å². The quantitative estimate of drug-likeness (QED) is 0.792. The molecule has 0 unspecified atom stereocenters. The highest BCUT2D eigenvalue weighted by molar-refractivity contribution is 14.1. The van der Waals surface area contributed by atoms with Gasteiger partial charge in [-0.1, -0.05) is 6.07 Å². The number of carbonyl (C=O) groups is 2. The Morgan fingerprint density at radius 2 is 2.11 bits per heavy atom. The molecule has 1 aromatic carbocycles. The zero-order valence-electron chi connectivity index (χ0n) is 9.72. The number of hydrogen-bond donors (Lipinski definition) is 2. The Kier molecular flexibility index (Phi) is 4.54. The minimum absolute atomic E-state index is 0.103. The third-order valence-corrected chi connectivity index (χ3v) is 3.95. The molecule has 1 amide bonds. The average Bonchev–Trinajstić information content (AvgIpc) is 2.83. The minimum atomic E-state index is -1.05. The van der Waals surface area contributed by atoms with Crippen LogP contribution >= 0.6 is 33.9 Å². The lowest BCUT2D eigenvalue weighted by Crippen LogP contribution is -2.16. The van der Waals surface area contributed by atoms with Crippen LogP contribution in [0.1, 0.15) is 15.2 Å². The summed E-state index contributed by atoms with van der Waals surface area (Å²) < 4.78 is 0.811. The summed E-state index contributed by atoms with van der Waals surface area (Å²) in [6, 6.07) is 8.64. The van der Waals surface area contributed by atoms with Crippen LogP contribution in [-0.2, 0) is 11.2 Å². The van der Waals surface area contributed by atoms with E-state index in [0.29, 0.717) is 5.69 Å². The number of nitrogens with one attached hydrogen (secondary N) is 1. The normalized spacial score (nSPS) is 10.2. The van der Waals surface area contributed by atoms with E-state index in [1.807, 2.05) is 40.1 Å². The summed E-state index contributed by atoms with van der Waals surface area (Å²) in [5, 5.41) is 13.6. The second kappa shape index (κ2) is 6.16. The van der Waals surface area contributed by atoms with Crippen molar-refractivity contribution >= 4 is 51.5 Å². The number of hydrogen-bond acceptors (Lipinski definition) is 3. The van der Waals surface area contributed by atoms with Gasteiger partial charge in [-0.3, -0.25) is 4.79 Å². The van der Waals surface area contributed by atoms with Gasteiger partial charge in [-0.2, -0.15) is 0 Å². The highest BCUT2D eigenvalue weighted by atomic mass is 127. The summed E-state index contributed by atoms with van der Waals surface area (Å²) in [5.41, 5.74) is 0.431. The molecular formula is C13H10INO3S. The van der Waals surface area contributed by atoms with E-state index in [0.717, 1.165) is 8.45 Å². The van der Waals surface area contributed by atoms with Gasteiger partial charge in [0.25, 0.3) is 0 Å². The predicted molar refractivity (Wildman–Crippen MR) is 82.8 cm³/mol. The molecule has 1 heterocycles. The first-order valence-electron chi connectivity index (χ1n) is 5.41. The number of rotatable bonds is 4. The van der Waals surface area contributed by atoms with E-state index in [1.54, 1.807) is 12.1 Å². The van der Waals surface area contributed by atoms with Crippen molar-refractivity contribution in [3.8, 4) is 0 Å². The van der Waals surface area contributed by atoms with Crippen molar-refractivity contribution in [2.75, 3.05) is 5.32 Å². The lowest BCUT2D eigenvalue weighted by molar-refractivity contribution is -0.115. The van der Waals surface area contributed by atoms with Crippen molar-refractivity contribution in [1.82, 2.24) is 0 Å². The van der Waals surface area contributed by atoms with E-state index in [2.05, 4.69) is 5.32 Å². The van der Waals surface area contributed by atoms with Crippen LogP contribution < -0.4 is 5.32 Å². The number of thiophene rings is 1. The summed E-state index contributed by atoms with van der Waals surface area (Å²) in [4.78, 5) is 23.9.